The molecular formula is C43H28N2OS. The Kier molecular flexibility index (Phi) is 5.50. The van der Waals surface area contributed by atoms with E-state index in [0.29, 0.717) is 5.82 Å². The molecule has 0 spiro atoms. The minimum atomic E-state index is -0.101. The topological polar surface area (TPSA) is 38.9 Å². The van der Waals surface area contributed by atoms with E-state index in [1.165, 1.54) is 42.4 Å². The van der Waals surface area contributed by atoms with Crippen LogP contribution in [-0.4, -0.2) is 9.97 Å². The zero-order valence-corrected chi connectivity index (χ0v) is 26.7. The van der Waals surface area contributed by atoms with E-state index in [2.05, 4.69) is 129 Å². The molecule has 3 nitrogen and oxygen atoms in total. The van der Waals surface area contributed by atoms with Crippen LogP contribution in [0.1, 0.15) is 25.0 Å². The molecule has 0 unspecified atom stereocenters. The van der Waals surface area contributed by atoms with E-state index < -0.39 is 0 Å². The Hall–Kier alpha value is -5.58. The summed E-state index contributed by atoms with van der Waals surface area (Å²) in [6.45, 7) is 4.65. The first kappa shape index (κ1) is 26.6. The Morgan fingerprint density at radius 3 is 2.11 bits per heavy atom. The van der Waals surface area contributed by atoms with Gasteiger partial charge < -0.3 is 4.42 Å². The van der Waals surface area contributed by atoms with Gasteiger partial charge in [0.25, 0.3) is 0 Å². The lowest BCUT2D eigenvalue weighted by molar-refractivity contribution is 0.660. The fourth-order valence-corrected chi connectivity index (χ4v) is 8.86. The van der Waals surface area contributed by atoms with Crippen molar-refractivity contribution in [2.45, 2.75) is 19.3 Å². The summed E-state index contributed by atoms with van der Waals surface area (Å²) >= 11 is 1.83. The average Bonchev–Trinajstić information content (AvgIpc) is 3.76. The predicted octanol–water partition coefficient (Wildman–Crippen LogP) is 12.1. The molecule has 47 heavy (non-hydrogen) atoms. The Morgan fingerprint density at radius 2 is 1.19 bits per heavy atom. The highest BCUT2D eigenvalue weighted by Gasteiger charge is 2.36. The highest BCUT2D eigenvalue weighted by atomic mass is 32.1. The van der Waals surface area contributed by atoms with Crippen LogP contribution in [0.5, 0.6) is 0 Å². The van der Waals surface area contributed by atoms with E-state index in [9.17, 15) is 0 Å². The van der Waals surface area contributed by atoms with Crippen molar-refractivity contribution in [3.63, 3.8) is 0 Å². The molecule has 0 radical (unpaired) electrons. The zero-order valence-electron chi connectivity index (χ0n) is 25.9. The molecule has 3 aromatic heterocycles. The Bertz CT molecular complexity index is 2730. The van der Waals surface area contributed by atoms with Crippen LogP contribution in [-0.2, 0) is 5.41 Å². The Labute approximate surface area is 275 Å². The van der Waals surface area contributed by atoms with Crippen LogP contribution in [0.15, 0.2) is 138 Å². The molecule has 0 amide bonds. The molecule has 10 rings (SSSR count). The molecule has 222 valence electrons. The second-order valence-electron chi connectivity index (χ2n) is 13.0. The monoisotopic (exact) mass is 620 g/mol. The van der Waals surface area contributed by atoms with Crippen molar-refractivity contribution in [1.29, 1.82) is 0 Å². The van der Waals surface area contributed by atoms with Crippen molar-refractivity contribution in [1.82, 2.24) is 9.97 Å². The third-order valence-electron chi connectivity index (χ3n) is 9.92. The highest BCUT2D eigenvalue weighted by Crippen LogP contribution is 2.52. The van der Waals surface area contributed by atoms with Crippen LogP contribution in [0, 0.1) is 0 Å². The second-order valence-corrected chi connectivity index (χ2v) is 14.0. The quantitative estimate of drug-likeness (QED) is 0.197. The highest BCUT2D eigenvalue weighted by molar-refractivity contribution is 7.26. The van der Waals surface area contributed by atoms with Crippen LogP contribution in [0.2, 0.25) is 0 Å². The number of hydrogen-bond donors (Lipinski definition) is 0. The first-order chi connectivity index (χ1) is 23.0. The van der Waals surface area contributed by atoms with Crippen LogP contribution >= 0.6 is 11.3 Å². The van der Waals surface area contributed by atoms with Gasteiger partial charge in [0.05, 0.1) is 11.4 Å². The minimum Gasteiger partial charge on any atom is -0.456 e. The maximum absolute atomic E-state index is 6.17. The van der Waals surface area contributed by atoms with Gasteiger partial charge in [-0.2, -0.15) is 0 Å². The number of nitrogens with zero attached hydrogens (tertiary/aromatic N) is 2. The first-order valence-electron chi connectivity index (χ1n) is 16.0. The SMILES string of the molecule is CC1(C)c2ccccc2-c2c(-c3cc(-c4cccc5c4sc4ccccc45)nc(-c4ccc5oc6ccccc6c5c4)n3)cccc21. The van der Waals surface area contributed by atoms with Gasteiger partial charge in [-0.05, 0) is 58.7 Å². The van der Waals surface area contributed by atoms with Gasteiger partial charge in [0.2, 0.25) is 0 Å². The molecule has 6 aromatic carbocycles. The lowest BCUT2D eigenvalue weighted by Gasteiger charge is -2.21. The van der Waals surface area contributed by atoms with Crippen molar-refractivity contribution >= 4 is 53.4 Å². The second kappa shape index (κ2) is 9.71. The summed E-state index contributed by atoms with van der Waals surface area (Å²) < 4.78 is 8.69. The molecule has 0 atom stereocenters. The van der Waals surface area contributed by atoms with Crippen LogP contribution in [0.4, 0.5) is 0 Å². The minimum absolute atomic E-state index is 0.101. The molecule has 0 saturated carbocycles. The van der Waals surface area contributed by atoms with Gasteiger partial charge in [0.15, 0.2) is 5.82 Å². The molecule has 0 saturated heterocycles. The van der Waals surface area contributed by atoms with Gasteiger partial charge in [0, 0.05) is 53.1 Å². The van der Waals surface area contributed by atoms with E-state index in [1.807, 2.05) is 29.5 Å². The maximum atomic E-state index is 6.17. The lowest BCUT2D eigenvalue weighted by atomic mass is 9.82. The van der Waals surface area contributed by atoms with Crippen LogP contribution < -0.4 is 0 Å². The number of thiophene rings is 1. The summed E-state index contributed by atoms with van der Waals surface area (Å²) in [5.41, 5.74) is 11.9. The largest absolute Gasteiger partial charge is 0.456 e. The van der Waals surface area contributed by atoms with E-state index in [4.69, 9.17) is 14.4 Å². The van der Waals surface area contributed by atoms with E-state index >= 15 is 0 Å². The molecule has 0 bridgehead atoms. The van der Waals surface area contributed by atoms with E-state index in [-0.39, 0.29) is 5.41 Å². The molecule has 1 aliphatic rings. The molecule has 0 fully saturated rings. The number of rotatable bonds is 3. The number of aromatic nitrogens is 2. The number of hydrogen-bond acceptors (Lipinski definition) is 4. The molecule has 1 aliphatic carbocycles. The molecule has 9 aromatic rings. The zero-order chi connectivity index (χ0) is 31.3. The Morgan fingerprint density at radius 1 is 0.532 bits per heavy atom. The maximum Gasteiger partial charge on any atom is 0.160 e. The van der Waals surface area contributed by atoms with Gasteiger partial charge in [-0.15, -0.1) is 11.3 Å². The lowest BCUT2D eigenvalue weighted by Crippen LogP contribution is -2.14. The Balaban J connectivity index is 1.26. The summed E-state index contributed by atoms with van der Waals surface area (Å²) in [7, 11) is 0. The third-order valence-corrected chi connectivity index (χ3v) is 11.1. The van der Waals surface area contributed by atoms with Crippen molar-refractivity contribution in [2.75, 3.05) is 0 Å². The van der Waals surface area contributed by atoms with Gasteiger partial charge >= 0.3 is 0 Å². The first-order valence-corrected chi connectivity index (χ1v) is 16.8. The van der Waals surface area contributed by atoms with Crippen molar-refractivity contribution in [3.05, 3.63) is 145 Å². The van der Waals surface area contributed by atoms with Crippen molar-refractivity contribution in [3.8, 4) is 45.0 Å². The predicted molar refractivity (Wildman–Crippen MR) is 196 cm³/mol. The number of furan rings is 1. The van der Waals surface area contributed by atoms with Gasteiger partial charge in [0.1, 0.15) is 11.2 Å². The summed E-state index contributed by atoms with van der Waals surface area (Å²) in [5.74, 6) is 0.700. The molecule has 4 heteroatoms. The van der Waals surface area contributed by atoms with E-state index in [0.717, 1.165) is 50.0 Å². The number of fused-ring (bicyclic) bond motifs is 9. The summed E-state index contributed by atoms with van der Waals surface area (Å²) in [5, 5.41) is 4.69. The normalized spacial score (nSPS) is 13.5. The summed E-state index contributed by atoms with van der Waals surface area (Å²) in [6.07, 6.45) is 0. The fourth-order valence-electron chi connectivity index (χ4n) is 7.63. The molecule has 0 aliphatic heterocycles. The summed E-state index contributed by atoms with van der Waals surface area (Å²) in [6, 6.07) is 47.4. The van der Waals surface area contributed by atoms with Crippen LogP contribution in [0.3, 0.4) is 0 Å². The molecule has 3 heterocycles. The van der Waals surface area contributed by atoms with Gasteiger partial charge in [-0.25, -0.2) is 9.97 Å². The smallest absolute Gasteiger partial charge is 0.160 e. The van der Waals surface area contributed by atoms with Crippen molar-refractivity contribution < 1.29 is 4.42 Å². The van der Waals surface area contributed by atoms with Gasteiger partial charge in [-0.1, -0.05) is 111 Å². The van der Waals surface area contributed by atoms with E-state index in [1.54, 1.807) is 0 Å². The number of benzene rings is 6. The summed E-state index contributed by atoms with van der Waals surface area (Å²) in [4.78, 5) is 10.7. The van der Waals surface area contributed by atoms with Crippen molar-refractivity contribution in [2.24, 2.45) is 0 Å². The van der Waals surface area contributed by atoms with Gasteiger partial charge in [-0.3, -0.25) is 0 Å². The third kappa shape index (κ3) is 3.85. The fraction of sp³-hybridized carbons (Fsp3) is 0.0698. The van der Waals surface area contributed by atoms with Crippen LogP contribution in [0.25, 0.3) is 87.1 Å². The number of para-hydroxylation sites is 1. The molecular weight excluding hydrogens is 593 g/mol. The molecule has 0 N–H and O–H groups in total. The standard InChI is InChI=1S/C43H28N2OS/c1-43(2)33-17-6-3-13-29(33)40-30(15-10-18-34(40)43)35-24-36(31-16-9-14-28-27-12-5-8-20-39(27)47-41(28)31)45-42(44-35)25-21-22-38-32(23-25)26-11-4-7-19-37(26)46-38/h3-24H,1-2H3. The average molecular weight is 621 g/mol.